The molecule has 0 bridgehead atoms. The van der Waals surface area contributed by atoms with E-state index in [-0.39, 0.29) is 5.91 Å². The third-order valence-electron chi connectivity index (χ3n) is 3.49. The Hall–Kier alpha value is -1.21. The van der Waals surface area contributed by atoms with Crippen molar-refractivity contribution in [3.05, 3.63) is 5.01 Å². The van der Waals surface area contributed by atoms with Gasteiger partial charge in [-0.05, 0) is 12.8 Å². The lowest BCUT2D eigenvalue weighted by atomic mass is 10.3. The van der Waals surface area contributed by atoms with Gasteiger partial charge < -0.3 is 10.2 Å². The molecule has 6 nitrogen and oxygen atoms in total. The van der Waals surface area contributed by atoms with Crippen LogP contribution in [-0.4, -0.2) is 65.2 Å². The summed E-state index contributed by atoms with van der Waals surface area (Å²) in [7, 11) is 1.78. The zero-order valence-electron chi connectivity index (χ0n) is 10.4. The van der Waals surface area contributed by atoms with Gasteiger partial charge in [-0.1, -0.05) is 11.3 Å². The minimum atomic E-state index is 0.0180. The number of nitrogens with zero attached hydrogens (tertiary/aromatic N) is 4. The van der Waals surface area contributed by atoms with Crippen LogP contribution in [-0.2, 0) is 0 Å². The summed E-state index contributed by atoms with van der Waals surface area (Å²) in [5, 5.41) is 11.9. The minimum absolute atomic E-state index is 0.0180. The molecule has 1 aromatic heterocycles. The maximum absolute atomic E-state index is 12.2. The van der Waals surface area contributed by atoms with Crippen LogP contribution in [0.3, 0.4) is 0 Å². The summed E-state index contributed by atoms with van der Waals surface area (Å²) in [6.07, 6.45) is 2.66. The highest BCUT2D eigenvalue weighted by molar-refractivity contribution is 7.17. The molecule has 0 atom stereocenters. The van der Waals surface area contributed by atoms with Gasteiger partial charge in [0, 0.05) is 39.3 Å². The van der Waals surface area contributed by atoms with Crippen molar-refractivity contribution in [2.24, 2.45) is 0 Å². The van der Waals surface area contributed by atoms with Crippen LogP contribution in [0.5, 0.6) is 0 Å². The van der Waals surface area contributed by atoms with Gasteiger partial charge in [0.2, 0.25) is 10.1 Å². The van der Waals surface area contributed by atoms with Crippen molar-refractivity contribution in [2.45, 2.75) is 18.9 Å². The van der Waals surface area contributed by atoms with Crippen LogP contribution in [0.15, 0.2) is 0 Å². The van der Waals surface area contributed by atoms with Crippen molar-refractivity contribution in [3.8, 4) is 0 Å². The van der Waals surface area contributed by atoms with Crippen molar-refractivity contribution < 1.29 is 4.79 Å². The molecule has 0 unspecified atom stereocenters. The number of piperazine rings is 1. The summed E-state index contributed by atoms with van der Waals surface area (Å²) >= 11 is 1.32. The third-order valence-corrected chi connectivity index (χ3v) is 4.42. The number of nitrogens with one attached hydrogen (secondary N) is 1. The molecule has 0 aromatic carbocycles. The summed E-state index contributed by atoms with van der Waals surface area (Å²) in [4.78, 5) is 16.6. The van der Waals surface area contributed by atoms with Crippen LogP contribution in [0.4, 0.5) is 5.13 Å². The molecule has 1 N–H and O–H groups in total. The summed E-state index contributed by atoms with van der Waals surface area (Å²) in [5.74, 6) is 0.0180. The number of hydrogen-bond acceptors (Lipinski definition) is 6. The molecule has 1 amide bonds. The number of anilines is 1. The second-order valence-corrected chi connectivity index (χ2v) is 5.70. The smallest absolute Gasteiger partial charge is 0.284 e. The fourth-order valence-corrected chi connectivity index (χ4v) is 2.94. The normalized spacial score (nSPS) is 21.1. The Morgan fingerprint density at radius 2 is 2.00 bits per heavy atom. The molecule has 2 heterocycles. The molecule has 1 saturated carbocycles. The fraction of sp³-hybridized carbons (Fsp3) is 0.727. The fourth-order valence-electron chi connectivity index (χ4n) is 2.28. The van der Waals surface area contributed by atoms with Gasteiger partial charge in [-0.2, -0.15) is 0 Å². The molecule has 1 saturated heterocycles. The standard InChI is InChI=1S/C11H17N5OS/c1-12-11-14-13-9(18-11)10(17)16-6-4-15(5-7-16)8-2-3-8/h8H,2-7H2,1H3,(H,12,14). The predicted molar refractivity (Wildman–Crippen MR) is 70.0 cm³/mol. The van der Waals surface area contributed by atoms with E-state index in [4.69, 9.17) is 0 Å². The molecule has 2 aliphatic rings. The van der Waals surface area contributed by atoms with E-state index >= 15 is 0 Å². The highest BCUT2D eigenvalue weighted by Crippen LogP contribution is 2.27. The average Bonchev–Trinajstić information content (AvgIpc) is 3.16. The lowest BCUT2D eigenvalue weighted by molar-refractivity contribution is 0.0626. The van der Waals surface area contributed by atoms with Crippen LogP contribution >= 0.6 is 11.3 Å². The molecule has 7 heteroatoms. The molecular weight excluding hydrogens is 250 g/mol. The van der Waals surface area contributed by atoms with E-state index in [2.05, 4.69) is 20.4 Å². The van der Waals surface area contributed by atoms with Gasteiger partial charge >= 0.3 is 0 Å². The monoisotopic (exact) mass is 267 g/mol. The molecule has 3 rings (SSSR count). The van der Waals surface area contributed by atoms with Gasteiger partial charge in [-0.25, -0.2) is 0 Å². The van der Waals surface area contributed by atoms with Crippen molar-refractivity contribution >= 4 is 22.4 Å². The van der Waals surface area contributed by atoms with E-state index in [1.165, 1.54) is 24.2 Å². The van der Waals surface area contributed by atoms with Crippen LogP contribution < -0.4 is 5.32 Å². The van der Waals surface area contributed by atoms with Crippen LogP contribution in [0.25, 0.3) is 0 Å². The molecule has 0 radical (unpaired) electrons. The Bertz CT molecular complexity index is 436. The lowest BCUT2D eigenvalue weighted by Gasteiger charge is -2.34. The highest BCUT2D eigenvalue weighted by atomic mass is 32.1. The van der Waals surface area contributed by atoms with Gasteiger partial charge in [0.15, 0.2) is 0 Å². The number of carbonyl (C=O) groups excluding carboxylic acids is 1. The van der Waals surface area contributed by atoms with E-state index in [1.54, 1.807) is 7.05 Å². The average molecular weight is 267 g/mol. The molecule has 18 heavy (non-hydrogen) atoms. The first kappa shape index (κ1) is 11.9. The van der Waals surface area contributed by atoms with Gasteiger partial charge in [-0.15, -0.1) is 10.2 Å². The quantitative estimate of drug-likeness (QED) is 0.864. The van der Waals surface area contributed by atoms with Gasteiger partial charge in [0.05, 0.1) is 0 Å². The summed E-state index contributed by atoms with van der Waals surface area (Å²) in [6, 6.07) is 0.791. The number of amides is 1. The Morgan fingerprint density at radius 1 is 1.28 bits per heavy atom. The number of hydrogen-bond donors (Lipinski definition) is 1. The van der Waals surface area contributed by atoms with Gasteiger partial charge in [0.1, 0.15) is 0 Å². The molecule has 98 valence electrons. The van der Waals surface area contributed by atoms with Crippen LogP contribution in [0.1, 0.15) is 22.6 Å². The second-order valence-electron chi connectivity index (χ2n) is 4.72. The first-order valence-corrected chi connectivity index (χ1v) is 7.14. The van der Waals surface area contributed by atoms with E-state index < -0.39 is 0 Å². The van der Waals surface area contributed by atoms with Crippen molar-refractivity contribution in [3.63, 3.8) is 0 Å². The summed E-state index contributed by atoms with van der Waals surface area (Å²) in [5.41, 5.74) is 0. The van der Waals surface area contributed by atoms with Gasteiger partial charge in [0.25, 0.3) is 5.91 Å². The predicted octanol–water partition coefficient (Wildman–Crippen LogP) is 0.500. The Kier molecular flexibility index (Phi) is 3.17. The SMILES string of the molecule is CNc1nnc(C(=O)N2CCN(C3CC3)CC2)s1. The maximum Gasteiger partial charge on any atom is 0.284 e. The molecule has 1 aromatic rings. The molecule has 1 aliphatic carbocycles. The largest absolute Gasteiger partial charge is 0.363 e. The zero-order chi connectivity index (χ0) is 12.5. The third kappa shape index (κ3) is 2.32. The van der Waals surface area contributed by atoms with Crippen molar-refractivity contribution in [1.29, 1.82) is 0 Å². The molecule has 0 spiro atoms. The minimum Gasteiger partial charge on any atom is -0.363 e. The number of rotatable bonds is 3. The van der Waals surface area contributed by atoms with E-state index in [9.17, 15) is 4.79 Å². The first-order valence-electron chi connectivity index (χ1n) is 6.32. The maximum atomic E-state index is 12.2. The Labute approximate surface area is 110 Å². The molecule has 2 fully saturated rings. The lowest BCUT2D eigenvalue weighted by Crippen LogP contribution is -2.49. The highest BCUT2D eigenvalue weighted by Gasteiger charge is 2.33. The number of carbonyl (C=O) groups is 1. The van der Waals surface area contributed by atoms with E-state index in [0.717, 1.165) is 32.2 Å². The summed E-state index contributed by atoms with van der Waals surface area (Å²) < 4.78 is 0. The van der Waals surface area contributed by atoms with Gasteiger partial charge in [-0.3, -0.25) is 9.69 Å². The number of aromatic nitrogens is 2. The van der Waals surface area contributed by atoms with Crippen LogP contribution in [0.2, 0.25) is 0 Å². The topological polar surface area (TPSA) is 61.4 Å². The summed E-state index contributed by atoms with van der Waals surface area (Å²) in [6.45, 7) is 3.61. The zero-order valence-corrected chi connectivity index (χ0v) is 11.2. The molecule has 1 aliphatic heterocycles. The van der Waals surface area contributed by atoms with E-state index in [0.29, 0.717) is 10.1 Å². The van der Waals surface area contributed by atoms with Crippen molar-refractivity contribution in [1.82, 2.24) is 20.0 Å². The second kappa shape index (κ2) is 4.81. The molecular formula is C11H17N5OS. The Morgan fingerprint density at radius 3 is 2.56 bits per heavy atom. The Balaban J connectivity index is 1.59. The van der Waals surface area contributed by atoms with Crippen LogP contribution in [0, 0.1) is 0 Å². The van der Waals surface area contributed by atoms with Crippen molar-refractivity contribution in [2.75, 3.05) is 38.5 Å². The first-order chi connectivity index (χ1) is 8.78. The van der Waals surface area contributed by atoms with E-state index in [1.807, 2.05) is 4.90 Å².